The lowest BCUT2D eigenvalue weighted by molar-refractivity contribution is -0.140. The SMILES string of the molecule is CC[C@@H](C)NC(=O)[C@H](CC)N(Cc1ccc(Cl)cc1)C(=O)CN(c1ccccc1)S(=O)(=O)c1ccc(OC)c(OC)c1. The third-order valence-electron chi connectivity index (χ3n) is 6.92. The summed E-state index contributed by atoms with van der Waals surface area (Å²) in [4.78, 5) is 28.8. The Labute approximate surface area is 253 Å². The Morgan fingerprint density at radius 1 is 0.905 bits per heavy atom. The molecule has 0 unspecified atom stereocenters. The lowest BCUT2D eigenvalue weighted by Gasteiger charge is -2.33. The Hall–Kier alpha value is -3.76. The van der Waals surface area contributed by atoms with Crippen LogP contribution in [0.1, 0.15) is 39.2 Å². The van der Waals surface area contributed by atoms with Crippen molar-refractivity contribution in [1.82, 2.24) is 10.2 Å². The number of nitrogens with one attached hydrogen (secondary N) is 1. The average Bonchev–Trinajstić information content (AvgIpc) is 3.00. The molecule has 3 aromatic carbocycles. The van der Waals surface area contributed by atoms with E-state index in [0.717, 1.165) is 16.3 Å². The number of benzene rings is 3. The smallest absolute Gasteiger partial charge is 0.264 e. The van der Waals surface area contributed by atoms with E-state index >= 15 is 0 Å². The van der Waals surface area contributed by atoms with Gasteiger partial charge in [-0.2, -0.15) is 0 Å². The van der Waals surface area contributed by atoms with E-state index < -0.39 is 28.5 Å². The standard InChI is InChI=1S/C31H38ClN3O6S/c1-6-22(3)33-31(37)27(7-2)34(20-23-13-15-24(32)16-14-23)30(36)21-35(25-11-9-8-10-12-25)42(38,39)26-17-18-28(40-4)29(19-26)41-5/h8-19,22,27H,6-7,20-21H2,1-5H3,(H,33,37)/t22-,27+/m1/s1. The summed E-state index contributed by atoms with van der Waals surface area (Å²) >= 11 is 6.08. The van der Waals surface area contributed by atoms with Crippen molar-refractivity contribution in [2.45, 2.75) is 57.1 Å². The first kappa shape index (κ1) is 32.8. The van der Waals surface area contributed by atoms with E-state index in [2.05, 4.69) is 5.32 Å². The number of sulfonamides is 1. The molecule has 0 fully saturated rings. The van der Waals surface area contributed by atoms with Crippen molar-refractivity contribution in [3.63, 3.8) is 0 Å². The van der Waals surface area contributed by atoms with Crippen molar-refractivity contribution in [2.75, 3.05) is 25.1 Å². The summed E-state index contributed by atoms with van der Waals surface area (Å²) in [5.41, 5.74) is 1.04. The molecule has 0 aliphatic heterocycles. The van der Waals surface area contributed by atoms with Gasteiger partial charge in [-0.25, -0.2) is 8.42 Å². The third-order valence-corrected chi connectivity index (χ3v) is 8.94. The first-order valence-corrected chi connectivity index (χ1v) is 15.5. The number of hydrogen-bond acceptors (Lipinski definition) is 6. The van der Waals surface area contributed by atoms with Crippen molar-refractivity contribution in [3.8, 4) is 11.5 Å². The molecule has 1 N–H and O–H groups in total. The number of nitrogens with zero attached hydrogens (tertiary/aromatic N) is 2. The maximum atomic E-state index is 14.1. The van der Waals surface area contributed by atoms with E-state index in [-0.39, 0.29) is 29.1 Å². The molecular formula is C31H38ClN3O6S. The largest absolute Gasteiger partial charge is 0.493 e. The first-order valence-electron chi connectivity index (χ1n) is 13.7. The number of rotatable bonds is 14. The van der Waals surface area contributed by atoms with Crippen LogP contribution in [0.25, 0.3) is 0 Å². The zero-order valence-corrected chi connectivity index (χ0v) is 26.1. The predicted molar refractivity (Wildman–Crippen MR) is 164 cm³/mol. The highest BCUT2D eigenvalue weighted by atomic mass is 35.5. The van der Waals surface area contributed by atoms with Gasteiger partial charge in [-0.15, -0.1) is 0 Å². The molecule has 0 aromatic heterocycles. The second-order valence-electron chi connectivity index (χ2n) is 9.75. The summed E-state index contributed by atoms with van der Waals surface area (Å²) in [6.45, 7) is 5.21. The molecule has 11 heteroatoms. The van der Waals surface area contributed by atoms with Gasteiger partial charge in [-0.3, -0.25) is 13.9 Å². The van der Waals surface area contributed by atoms with Crippen molar-refractivity contribution >= 4 is 39.1 Å². The van der Waals surface area contributed by atoms with Crippen LogP contribution in [0.2, 0.25) is 5.02 Å². The number of carbonyl (C=O) groups excluding carboxylic acids is 2. The van der Waals surface area contributed by atoms with Crippen LogP contribution in [-0.4, -0.2) is 58.0 Å². The summed E-state index contributed by atoms with van der Waals surface area (Å²) < 4.78 is 39.8. The van der Waals surface area contributed by atoms with Gasteiger partial charge >= 0.3 is 0 Å². The summed E-state index contributed by atoms with van der Waals surface area (Å²) in [5, 5.41) is 3.50. The number of anilines is 1. The molecule has 3 rings (SSSR count). The van der Waals surface area contributed by atoms with Gasteiger partial charge in [0.1, 0.15) is 12.6 Å². The van der Waals surface area contributed by atoms with Crippen LogP contribution in [0.3, 0.4) is 0 Å². The minimum Gasteiger partial charge on any atom is -0.493 e. The van der Waals surface area contributed by atoms with E-state index in [4.69, 9.17) is 21.1 Å². The first-order chi connectivity index (χ1) is 20.0. The molecule has 0 aliphatic rings. The van der Waals surface area contributed by atoms with Gasteiger partial charge in [0, 0.05) is 23.7 Å². The Balaban J connectivity index is 2.06. The quantitative estimate of drug-likeness (QED) is 0.265. The molecular weight excluding hydrogens is 578 g/mol. The van der Waals surface area contributed by atoms with Crippen LogP contribution in [0, 0.1) is 0 Å². The van der Waals surface area contributed by atoms with Crippen LogP contribution in [0.4, 0.5) is 5.69 Å². The van der Waals surface area contributed by atoms with Crippen LogP contribution < -0.4 is 19.1 Å². The van der Waals surface area contributed by atoms with Gasteiger partial charge in [0.25, 0.3) is 10.0 Å². The molecule has 226 valence electrons. The summed E-state index contributed by atoms with van der Waals surface area (Å²) in [7, 11) is -1.39. The van der Waals surface area contributed by atoms with Crippen LogP contribution >= 0.6 is 11.6 Å². The van der Waals surface area contributed by atoms with E-state index in [1.165, 1.54) is 37.3 Å². The molecule has 0 spiro atoms. The van der Waals surface area contributed by atoms with Crippen LogP contribution in [-0.2, 0) is 26.2 Å². The fourth-order valence-electron chi connectivity index (χ4n) is 4.37. The molecule has 42 heavy (non-hydrogen) atoms. The third kappa shape index (κ3) is 7.95. The number of hydrogen-bond donors (Lipinski definition) is 1. The van der Waals surface area contributed by atoms with Gasteiger partial charge < -0.3 is 19.7 Å². The number of methoxy groups -OCH3 is 2. The van der Waals surface area contributed by atoms with Crippen molar-refractivity contribution in [3.05, 3.63) is 83.4 Å². The molecule has 0 heterocycles. The second-order valence-corrected chi connectivity index (χ2v) is 12.1. The summed E-state index contributed by atoms with van der Waals surface area (Å²) in [6, 6.07) is 18.7. The zero-order valence-electron chi connectivity index (χ0n) is 24.5. The minimum absolute atomic E-state index is 0.0809. The highest BCUT2D eigenvalue weighted by molar-refractivity contribution is 7.92. The van der Waals surface area contributed by atoms with Crippen molar-refractivity contribution < 1.29 is 27.5 Å². The average molecular weight is 616 g/mol. The molecule has 0 aliphatic carbocycles. The molecule has 0 bridgehead atoms. The Morgan fingerprint density at radius 2 is 1.55 bits per heavy atom. The monoisotopic (exact) mass is 615 g/mol. The molecule has 2 atom stereocenters. The molecule has 2 amide bonds. The molecule has 0 radical (unpaired) electrons. The number of ether oxygens (including phenoxy) is 2. The number of carbonyl (C=O) groups is 2. The Bertz CT molecular complexity index is 1450. The zero-order chi connectivity index (χ0) is 30.9. The predicted octanol–water partition coefficient (Wildman–Crippen LogP) is 5.27. The normalized spacial score (nSPS) is 12.6. The Kier molecular flexibility index (Phi) is 11.6. The maximum absolute atomic E-state index is 14.1. The van der Waals surface area contributed by atoms with Gasteiger partial charge in [0.15, 0.2) is 11.5 Å². The fourth-order valence-corrected chi connectivity index (χ4v) is 5.93. The van der Waals surface area contributed by atoms with Gasteiger partial charge in [-0.05, 0) is 61.7 Å². The van der Waals surface area contributed by atoms with Crippen LogP contribution in [0.5, 0.6) is 11.5 Å². The van der Waals surface area contributed by atoms with E-state index in [0.29, 0.717) is 22.9 Å². The van der Waals surface area contributed by atoms with Crippen LogP contribution in [0.15, 0.2) is 77.7 Å². The highest BCUT2D eigenvalue weighted by Gasteiger charge is 2.34. The fraction of sp³-hybridized carbons (Fsp3) is 0.355. The topological polar surface area (TPSA) is 105 Å². The summed E-state index contributed by atoms with van der Waals surface area (Å²) in [6.07, 6.45) is 1.05. The number of para-hydroxylation sites is 1. The summed E-state index contributed by atoms with van der Waals surface area (Å²) in [5.74, 6) is -0.242. The lowest BCUT2D eigenvalue weighted by Crippen LogP contribution is -2.53. The number of amides is 2. The van der Waals surface area contributed by atoms with Crippen molar-refractivity contribution in [1.29, 1.82) is 0 Å². The van der Waals surface area contributed by atoms with Gasteiger partial charge in [0.2, 0.25) is 11.8 Å². The maximum Gasteiger partial charge on any atom is 0.264 e. The molecule has 9 nitrogen and oxygen atoms in total. The van der Waals surface area contributed by atoms with E-state index in [1.807, 2.05) is 20.8 Å². The van der Waals surface area contributed by atoms with E-state index in [9.17, 15) is 18.0 Å². The molecule has 0 saturated heterocycles. The Morgan fingerprint density at radius 3 is 2.12 bits per heavy atom. The highest BCUT2D eigenvalue weighted by Crippen LogP contribution is 2.32. The number of halogens is 1. The second kappa shape index (κ2) is 14.9. The van der Waals surface area contributed by atoms with Gasteiger partial charge in [-0.1, -0.05) is 55.8 Å². The lowest BCUT2D eigenvalue weighted by atomic mass is 10.1. The van der Waals surface area contributed by atoms with Crippen molar-refractivity contribution in [2.24, 2.45) is 0 Å². The molecule has 3 aromatic rings. The molecule has 0 saturated carbocycles. The van der Waals surface area contributed by atoms with Gasteiger partial charge in [0.05, 0.1) is 24.8 Å². The van der Waals surface area contributed by atoms with E-state index in [1.54, 1.807) is 54.6 Å². The minimum atomic E-state index is -4.26.